The minimum atomic E-state index is -5.57. The number of nitrogens with one attached hydrogen (secondary N) is 2. The van der Waals surface area contributed by atoms with Crippen molar-refractivity contribution < 1.29 is 61.7 Å². The smallest absolute Gasteiger partial charge is 0.406 e. The highest BCUT2D eigenvalue weighted by Crippen LogP contribution is 2.50. The molecule has 26 heteroatoms. The molecule has 0 radical (unpaired) electrons. The first-order valence-corrected chi connectivity index (χ1v) is 18.7. The number of fused-ring (bicyclic) bond motifs is 1. The van der Waals surface area contributed by atoms with Crippen LogP contribution in [-0.2, 0) is 41.7 Å². The van der Waals surface area contributed by atoms with E-state index in [4.69, 9.17) is 34.7 Å². The number of imidazole rings is 1. The summed E-state index contributed by atoms with van der Waals surface area (Å²) in [7, 11) is -8.88. The van der Waals surface area contributed by atoms with E-state index in [0.717, 1.165) is 10.9 Å². The number of ether oxygens (including phenoxy) is 3. The van der Waals surface area contributed by atoms with Crippen molar-refractivity contribution in [2.45, 2.75) is 75.1 Å². The first-order valence-electron chi connectivity index (χ1n) is 15.7. The number of aliphatic hydroxyl groups is 1. The molecular weight excluding hydrogens is 740 g/mol. The number of hydrogen-bond donors (Lipinski definition) is 5. The molecule has 2 aliphatic heterocycles. The Labute approximate surface area is 293 Å². The Morgan fingerprint density at radius 1 is 1.10 bits per heavy atom. The van der Waals surface area contributed by atoms with Crippen molar-refractivity contribution in [1.29, 1.82) is 0 Å². The molecule has 0 aliphatic carbocycles. The number of hydrogen-bond acceptors (Lipinski definition) is 20. The van der Waals surface area contributed by atoms with Gasteiger partial charge >= 0.3 is 13.4 Å². The molecule has 0 unspecified atom stereocenters. The number of aromatic amines is 1. The van der Waals surface area contributed by atoms with E-state index in [1.807, 2.05) is 0 Å². The van der Waals surface area contributed by atoms with Crippen molar-refractivity contribution >= 4 is 44.5 Å². The maximum absolute atomic E-state index is 14.4. The fourth-order valence-electron chi connectivity index (χ4n) is 5.69. The van der Waals surface area contributed by atoms with Gasteiger partial charge in [-0.2, -0.15) is 9.97 Å². The number of carbonyl (C=O) groups is 1. The van der Waals surface area contributed by atoms with Crippen molar-refractivity contribution in [2.24, 2.45) is 0 Å². The highest BCUT2D eigenvalue weighted by Gasteiger charge is 2.51. The van der Waals surface area contributed by atoms with Gasteiger partial charge in [0.2, 0.25) is 5.95 Å². The molecule has 0 aromatic carbocycles. The highest BCUT2D eigenvalue weighted by molar-refractivity contribution is 7.51. The van der Waals surface area contributed by atoms with Crippen LogP contribution in [0.4, 0.5) is 11.8 Å². The molecule has 7 N–H and O–H groups in total. The number of carboxylic acid groups (broad SMARTS) is 1. The van der Waals surface area contributed by atoms with Crippen molar-refractivity contribution in [2.75, 3.05) is 38.3 Å². The lowest BCUT2D eigenvalue weighted by Gasteiger charge is -2.32. The van der Waals surface area contributed by atoms with Crippen molar-refractivity contribution in [3.63, 3.8) is 0 Å². The Balaban J connectivity index is 1.39. The van der Waals surface area contributed by atoms with E-state index in [0.29, 0.717) is 12.8 Å². The molecule has 24 nitrogen and oxygen atoms in total. The maximum Gasteiger partial charge on any atom is 0.406 e. The summed E-state index contributed by atoms with van der Waals surface area (Å²) >= 11 is 0. The molecule has 0 amide bonds. The molecule has 52 heavy (non-hydrogen) atoms. The number of aliphatic hydroxyl groups excluding tert-OH is 1. The van der Waals surface area contributed by atoms with Crippen molar-refractivity contribution in [1.82, 2.24) is 34.2 Å². The second kappa shape index (κ2) is 16.6. The van der Waals surface area contributed by atoms with Crippen molar-refractivity contribution in [3.05, 3.63) is 39.4 Å². The monoisotopic (exact) mass is 776 g/mol. The number of aliphatic carboxylic acids is 1. The van der Waals surface area contributed by atoms with Gasteiger partial charge < -0.3 is 59.6 Å². The van der Waals surface area contributed by atoms with Gasteiger partial charge in [0.25, 0.3) is 5.56 Å². The Morgan fingerprint density at radius 2 is 1.87 bits per heavy atom. The van der Waals surface area contributed by atoms with Crippen LogP contribution in [0.5, 0.6) is 0 Å². The quantitative estimate of drug-likeness (QED) is 0.0614. The second-order valence-corrected chi connectivity index (χ2v) is 14.7. The normalized spacial score (nSPS) is 26.2. The van der Waals surface area contributed by atoms with Gasteiger partial charge in [-0.3, -0.25) is 28.0 Å². The number of H-pyrrole nitrogens is 1. The van der Waals surface area contributed by atoms with E-state index in [1.165, 1.54) is 23.9 Å². The molecule has 0 bridgehead atoms. The summed E-state index contributed by atoms with van der Waals surface area (Å²) in [6.45, 7) is -1.46. The molecule has 5 heterocycles. The summed E-state index contributed by atoms with van der Waals surface area (Å²) in [6, 6.07) is 1.33. The number of phosphoric ester groups is 1. The van der Waals surface area contributed by atoms with Gasteiger partial charge in [0.15, 0.2) is 23.6 Å². The molecule has 2 fully saturated rings. The summed E-state index contributed by atoms with van der Waals surface area (Å²) < 4.78 is 61.8. The zero-order chi connectivity index (χ0) is 37.8. The van der Waals surface area contributed by atoms with Crippen LogP contribution in [0.1, 0.15) is 44.6 Å². The molecule has 2 saturated heterocycles. The van der Waals surface area contributed by atoms with Crippen LogP contribution in [0, 0.1) is 0 Å². The topological polar surface area (TPSA) is 359 Å². The van der Waals surface area contributed by atoms with Crippen LogP contribution in [0.3, 0.4) is 0 Å². The molecule has 3 aromatic heterocycles. The van der Waals surface area contributed by atoms with E-state index in [-0.39, 0.29) is 48.7 Å². The number of carboxylic acids is 1. The predicted octanol–water partition coefficient (Wildman–Crippen LogP) is -3.64. The molecule has 2 aliphatic rings. The molecular formula is C26H36N9O15P2-3. The van der Waals surface area contributed by atoms with Crippen LogP contribution < -0.4 is 42.7 Å². The second-order valence-electron chi connectivity index (χ2n) is 11.7. The minimum Gasteiger partial charge on any atom is -0.790 e. The Bertz CT molecular complexity index is 1940. The standard InChI is InChI=1S/C26H39N9O15P2/c1-45-20-19(15(11-47-52(42,43)44)49-24(20)35-12-29-18-21(35)32-25(28)33-22(18)39)50-51(41,30-7-4-2-3-5-17(37)38)46-10-13-9-14(36)23(48-13)34-8-6-16(27)31-26(34)40/h6,8,12-15,19-20,23-24,36H,2-5,7,9-11H2,1H3,(H,30,41)(H,37,38)(H2,27,31,40)(H2,42,43,44)(H3,28,32,33,39)/p-3/t13-,14+,15+,19+,20+,23+,24+,51+/m0/s1. The number of rotatable bonds is 18. The van der Waals surface area contributed by atoms with Gasteiger partial charge in [-0.15, -0.1) is 0 Å². The van der Waals surface area contributed by atoms with Gasteiger partial charge in [0, 0.05) is 32.2 Å². The lowest BCUT2D eigenvalue weighted by Crippen LogP contribution is -2.39. The first-order chi connectivity index (χ1) is 24.6. The average molecular weight is 777 g/mol. The van der Waals surface area contributed by atoms with E-state index in [1.54, 1.807) is 0 Å². The molecule has 3 aromatic rings. The SMILES string of the molecule is CO[C@@H]1[C@H](O[P@@](=O)(NCCCCCC(=O)[O-])OC[C@@H]2C[C@@H](O)[C@H](n3ccc(N)nc3=O)O2)[C@@H](COP(=O)([O-])[O-])O[C@H]1n1cnc2c(=O)[nH]c(N)nc21. The van der Waals surface area contributed by atoms with Crippen LogP contribution in [-0.4, -0.2) is 97.5 Å². The Hall–Kier alpha value is -3.64. The average Bonchev–Trinajstić information content (AvgIpc) is 3.75. The summed E-state index contributed by atoms with van der Waals surface area (Å²) in [5.74, 6) is -1.54. The van der Waals surface area contributed by atoms with Gasteiger partial charge in [-0.1, -0.05) is 6.42 Å². The third-order valence-corrected chi connectivity index (χ3v) is 10.1. The number of carbonyl (C=O) groups excluding carboxylic acids is 1. The van der Waals surface area contributed by atoms with Crippen LogP contribution in [0.15, 0.2) is 28.2 Å². The minimum absolute atomic E-state index is 0.0438. The summed E-state index contributed by atoms with van der Waals surface area (Å²) in [5.41, 5.74) is 9.59. The van der Waals surface area contributed by atoms with Crippen LogP contribution in [0.2, 0.25) is 0 Å². The number of aromatic nitrogens is 6. The summed E-state index contributed by atoms with van der Waals surface area (Å²) in [4.78, 5) is 72.5. The maximum atomic E-state index is 14.4. The van der Waals surface area contributed by atoms with Gasteiger partial charge in [-0.25, -0.2) is 19.4 Å². The highest BCUT2D eigenvalue weighted by atomic mass is 31.2. The zero-order valence-corrected chi connectivity index (χ0v) is 29.2. The Morgan fingerprint density at radius 3 is 2.56 bits per heavy atom. The third kappa shape index (κ3) is 9.66. The summed E-state index contributed by atoms with van der Waals surface area (Å²) in [6.07, 6.45) is -5.85. The molecule has 288 valence electrons. The molecule has 0 spiro atoms. The fraction of sp³-hybridized carbons (Fsp3) is 0.615. The van der Waals surface area contributed by atoms with E-state index in [9.17, 15) is 43.5 Å². The predicted molar refractivity (Wildman–Crippen MR) is 168 cm³/mol. The zero-order valence-electron chi connectivity index (χ0n) is 27.4. The lowest BCUT2D eigenvalue weighted by molar-refractivity contribution is -0.343. The first kappa shape index (κ1) is 39.6. The summed E-state index contributed by atoms with van der Waals surface area (Å²) in [5, 5.41) is 24.1. The Kier molecular flexibility index (Phi) is 12.6. The third-order valence-electron chi connectivity index (χ3n) is 8.02. The number of methoxy groups -OCH3 is 1. The number of nitrogens with two attached hydrogens (primary N) is 2. The number of nitrogens with zero attached hydrogens (tertiary/aromatic N) is 5. The van der Waals surface area contributed by atoms with E-state index >= 15 is 0 Å². The molecule has 0 saturated carbocycles. The van der Waals surface area contributed by atoms with Gasteiger partial charge in [0.05, 0.1) is 33.5 Å². The number of nitrogen functional groups attached to an aromatic ring is 2. The van der Waals surface area contributed by atoms with Crippen molar-refractivity contribution in [3.8, 4) is 0 Å². The number of unbranched alkanes of at least 4 members (excludes halogenated alkanes) is 2. The number of phosphoric acid groups is 1. The number of anilines is 2. The fourth-order valence-corrected chi connectivity index (χ4v) is 7.61. The molecule has 5 rings (SSSR count). The van der Waals surface area contributed by atoms with Gasteiger partial charge in [-0.05, 0) is 25.3 Å². The van der Waals surface area contributed by atoms with E-state index < -0.39 is 89.0 Å². The van der Waals surface area contributed by atoms with E-state index in [2.05, 4.69) is 29.5 Å². The van der Waals surface area contributed by atoms with Crippen LogP contribution in [0.25, 0.3) is 11.2 Å². The van der Waals surface area contributed by atoms with Crippen LogP contribution >= 0.6 is 15.6 Å². The largest absolute Gasteiger partial charge is 0.790 e. The van der Waals surface area contributed by atoms with Gasteiger partial charge in [0.1, 0.15) is 30.2 Å². The lowest BCUT2D eigenvalue weighted by atomic mass is 10.1. The molecule has 8 atom stereocenters.